The van der Waals surface area contributed by atoms with Gasteiger partial charge in [0.15, 0.2) is 15.9 Å². The molecule has 8 heteroatoms. The molecule has 7 nitrogen and oxygen atoms in total. The van der Waals surface area contributed by atoms with Crippen molar-refractivity contribution in [2.24, 2.45) is 0 Å². The average Bonchev–Trinajstić information content (AvgIpc) is 3.11. The number of fused-ring (bicyclic) bond motifs is 1. The Morgan fingerprint density at radius 3 is 2.67 bits per heavy atom. The van der Waals surface area contributed by atoms with Crippen LogP contribution in [-0.4, -0.2) is 43.9 Å². The normalized spacial score (nSPS) is 19.7. The van der Waals surface area contributed by atoms with Crippen molar-refractivity contribution in [1.82, 2.24) is 5.32 Å². The summed E-state index contributed by atoms with van der Waals surface area (Å²) in [4.78, 5) is 24.4. The van der Waals surface area contributed by atoms with Crippen LogP contribution >= 0.6 is 0 Å². The zero-order chi connectivity index (χ0) is 19.8. The van der Waals surface area contributed by atoms with Gasteiger partial charge >= 0.3 is 5.97 Å². The summed E-state index contributed by atoms with van der Waals surface area (Å²) in [7, 11) is -3.08. The SMILES string of the molecule is Cc1cc2occ(CC(=O)O[C@@H](C)C(=O)N[C@@H]3CCS(=O)(=O)C3)c2cc1C. The number of ether oxygens (including phenoxy) is 1. The van der Waals surface area contributed by atoms with Crippen molar-refractivity contribution in [2.45, 2.75) is 45.8 Å². The van der Waals surface area contributed by atoms with E-state index in [2.05, 4.69) is 5.32 Å². The number of aryl methyl sites for hydroxylation is 2. The highest BCUT2D eigenvalue weighted by Gasteiger charge is 2.30. The number of nitrogens with one attached hydrogen (secondary N) is 1. The number of benzene rings is 1. The maximum Gasteiger partial charge on any atom is 0.311 e. The first kappa shape index (κ1) is 19.4. The maximum atomic E-state index is 12.2. The molecule has 27 heavy (non-hydrogen) atoms. The van der Waals surface area contributed by atoms with Crippen LogP contribution in [0.1, 0.15) is 30.0 Å². The number of hydrogen-bond donors (Lipinski definition) is 1. The van der Waals surface area contributed by atoms with Crippen molar-refractivity contribution in [1.29, 1.82) is 0 Å². The molecule has 0 spiro atoms. The lowest BCUT2D eigenvalue weighted by atomic mass is 10.0. The van der Waals surface area contributed by atoms with Crippen LogP contribution in [0.5, 0.6) is 0 Å². The second-order valence-corrected chi connectivity index (χ2v) is 9.34. The van der Waals surface area contributed by atoms with Gasteiger partial charge in [-0.3, -0.25) is 9.59 Å². The Labute approximate surface area is 158 Å². The summed E-state index contributed by atoms with van der Waals surface area (Å²) in [5, 5.41) is 3.48. The monoisotopic (exact) mass is 393 g/mol. The topological polar surface area (TPSA) is 103 Å². The van der Waals surface area contributed by atoms with Gasteiger partial charge in [-0.25, -0.2) is 8.42 Å². The van der Waals surface area contributed by atoms with Crippen molar-refractivity contribution in [3.05, 3.63) is 35.1 Å². The van der Waals surface area contributed by atoms with Gasteiger partial charge in [0.25, 0.3) is 5.91 Å². The van der Waals surface area contributed by atoms with Gasteiger partial charge in [-0.2, -0.15) is 0 Å². The van der Waals surface area contributed by atoms with E-state index in [1.807, 2.05) is 26.0 Å². The first-order chi connectivity index (χ1) is 12.6. The zero-order valence-corrected chi connectivity index (χ0v) is 16.4. The van der Waals surface area contributed by atoms with Crippen molar-refractivity contribution in [3.8, 4) is 0 Å². The van der Waals surface area contributed by atoms with Crippen LogP contribution in [0.25, 0.3) is 11.0 Å². The molecule has 0 radical (unpaired) electrons. The van der Waals surface area contributed by atoms with Crippen molar-refractivity contribution >= 4 is 32.7 Å². The molecule has 2 aromatic rings. The Bertz CT molecular complexity index is 991. The van der Waals surface area contributed by atoms with Gasteiger partial charge in [-0.1, -0.05) is 0 Å². The molecule has 2 heterocycles. The molecule has 1 aromatic heterocycles. The molecule has 1 saturated heterocycles. The largest absolute Gasteiger partial charge is 0.464 e. The van der Waals surface area contributed by atoms with Crippen LogP contribution < -0.4 is 5.32 Å². The van der Waals surface area contributed by atoms with Gasteiger partial charge in [-0.05, 0) is 50.5 Å². The molecule has 3 rings (SSSR count). The first-order valence-corrected chi connectivity index (χ1v) is 10.6. The van der Waals surface area contributed by atoms with Gasteiger partial charge in [0.1, 0.15) is 5.58 Å². The lowest BCUT2D eigenvalue weighted by Gasteiger charge is -2.16. The van der Waals surface area contributed by atoms with Crippen molar-refractivity contribution in [2.75, 3.05) is 11.5 Å². The van der Waals surface area contributed by atoms with Crippen molar-refractivity contribution < 1.29 is 27.2 Å². The third-order valence-corrected chi connectivity index (χ3v) is 6.63. The third kappa shape index (κ3) is 4.50. The summed E-state index contributed by atoms with van der Waals surface area (Å²) >= 11 is 0. The summed E-state index contributed by atoms with van der Waals surface area (Å²) in [6.45, 7) is 5.44. The summed E-state index contributed by atoms with van der Waals surface area (Å²) < 4.78 is 33.6. The molecular weight excluding hydrogens is 370 g/mol. The first-order valence-electron chi connectivity index (χ1n) is 8.82. The van der Waals surface area contributed by atoms with Crippen LogP contribution in [0.2, 0.25) is 0 Å². The van der Waals surface area contributed by atoms with E-state index < -0.39 is 33.9 Å². The minimum Gasteiger partial charge on any atom is -0.464 e. The number of carbonyl (C=O) groups excluding carboxylic acids is 2. The second kappa shape index (κ2) is 7.34. The zero-order valence-electron chi connectivity index (χ0n) is 15.6. The van der Waals surface area contributed by atoms with Gasteiger partial charge < -0.3 is 14.5 Å². The number of hydrogen-bond acceptors (Lipinski definition) is 6. The molecule has 0 unspecified atom stereocenters. The summed E-state index contributed by atoms with van der Waals surface area (Å²) in [6, 6.07) is 3.46. The molecule has 1 fully saturated rings. The summed E-state index contributed by atoms with van der Waals surface area (Å²) in [6.07, 6.45) is 0.904. The molecule has 1 aliphatic heterocycles. The minimum absolute atomic E-state index is 0.00900. The molecule has 2 atom stereocenters. The fourth-order valence-corrected chi connectivity index (χ4v) is 4.82. The lowest BCUT2D eigenvalue weighted by Crippen LogP contribution is -2.42. The molecular formula is C19H23NO6S. The Morgan fingerprint density at radius 2 is 2.00 bits per heavy atom. The van der Waals surface area contributed by atoms with Gasteiger partial charge in [0.05, 0.1) is 24.2 Å². The quantitative estimate of drug-likeness (QED) is 0.778. The van der Waals surface area contributed by atoms with Gasteiger partial charge in [0.2, 0.25) is 0 Å². The van der Waals surface area contributed by atoms with Crippen molar-refractivity contribution in [3.63, 3.8) is 0 Å². The van der Waals surface area contributed by atoms with Crippen LogP contribution in [0.4, 0.5) is 0 Å². The second-order valence-electron chi connectivity index (χ2n) is 7.11. The fraction of sp³-hybridized carbons (Fsp3) is 0.474. The number of rotatable bonds is 5. The van der Waals surface area contributed by atoms with Crippen LogP contribution in [0.15, 0.2) is 22.8 Å². The average molecular weight is 393 g/mol. The van der Waals surface area contributed by atoms with E-state index in [9.17, 15) is 18.0 Å². The molecule has 1 N–H and O–H groups in total. The Hall–Kier alpha value is -2.35. The molecule has 0 aliphatic carbocycles. The number of furan rings is 1. The molecule has 1 aliphatic rings. The predicted octanol–water partition coefficient (Wildman–Crippen LogP) is 1.83. The standard InChI is InChI=1S/C19H23NO6S/c1-11-6-16-14(9-25-17(16)7-12(11)2)8-18(21)26-13(3)19(22)20-15-4-5-27(23,24)10-15/h6-7,9,13,15H,4-5,8,10H2,1-3H3,(H,20,22)/t13-,15+/m0/s1. The van der Waals surface area contributed by atoms with Crippen LogP contribution in [0, 0.1) is 13.8 Å². The van der Waals surface area contributed by atoms with Crippen LogP contribution in [-0.2, 0) is 30.6 Å². The molecule has 1 aromatic carbocycles. The molecule has 1 amide bonds. The lowest BCUT2D eigenvalue weighted by molar-refractivity contribution is -0.154. The third-order valence-electron chi connectivity index (χ3n) is 4.86. The Kier molecular flexibility index (Phi) is 5.28. The highest BCUT2D eigenvalue weighted by Crippen LogP contribution is 2.25. The molecule has 0 saturated carbocycles. The van der Waals surface area contributed by atoms with Crippen LogP contribution in [0.3, 0.4) is 0 Å². The molecule has 146 valence electrons. The smallest absolute Gasteiger partial charge is 0.311 e. The van der Waals surface area contributed by atoms with Gasteiger partial charge in [-0.15, -0.1) is 0 Å². The van der Waals surface area contributed by atoms with E-state index in [1.165, 1.54) is 13.2 Å². The fourth-order valence-electron chi connectivity index (χ4n) is 3.15. The number of amides is 1. The van der Waals surface area contributed by atoms with E-state index in [0.29, 0.717) is 17.6 Å². The van der Waals surface area contributed by atoms with E-state index in [-0.39, 0.29) is 17.9 Å². The summed E-state index contributed by atoms with van der Waals surface area (Å²) in [5.74, 6) is -1.04. The van der Waals surface area contributed by atoms with E-state index in [0.717, 1.165) is 16.5 Å². The number of sulfone groups is 1. The Morgan fingerprint density at radius 1 is 1.30 bits per heavy atom. The number of esters is 1. The minimum atomic E-state index is -3.08. The van der Waals surface area contributed by atoms with E-state index in [1.54, 1.807) is 0 Å². The highest BCUT2D eigenvalue weighted by atomic mass is 32.2. The van der Waals surface area contributed by atoms with E-state index in [4.69, 9.17) is 9.15 Å². The maximum absolute atomic E-state index is 12.2. The van der Waals surface area contributed by atoms with E-state index >= 15 is 0 Å². The molecule has 0 bridgehead atoms. The number of carbonyl (C=O) groups is 2. The highest BCUT2D eigenvalue weighted by molar-refractivity contribution is 7.91. The Balaban J connectivity index is 1.59. The van der Waals surface area contributed by atoms with Gasteiger partial charge in [0, 0.05) is 17.0 Å². The predicted molar refractivity (Wildman–Crippen MR) is 100 cm³/mol. The summed E-state index contributed by atoms with van der Waals surface area (Å²) in [5.41, 5.74) is 3.60.